The molecule has 1 atom stereocenters. The molecule has 0 bridgehead atoms. The summed E-state index contributed by atoms with van der Waals surface area (Å²) in [5.41, 5.74) is 0. The zero-order chi connectivity index (χ0) is 9.97. The van der Waals surface area contributed by atoms with Gasteiger partial charge in [-0.15, -0.1) is 0 Å². The van der Waals surface area contributed by atoms with Crippen LogP contribution in [0.15, 0.2) is 0 Å². The van der Waals surface area contributed by atoms with Gasteiger partial charge in [0, 0.05) is 25.6 Å². The zero-order valence-electron chi connectivity index (χ0n) is 8.96. The largest absolute Gasteiger partial charge is 0.341 e. The predicted molar refractivity (Wildman–Crippen MR) is 56.0 cm³/mol. The van der Waals surface area contributed by atoms with E-state index in [1.807, 2.05) is 11.9 Å². The molecule has 0 spiro atoms. The van der Waals surface area contributed by atoms with E-state index in [0.29, 0.717) is 17.9 Å². The van der Waals surface area contributed by atoms with Crippen molar-refractivity contribution >= 4 is 5.91 Å². The molecule has 0 aromatic heterocycles. The van der Waals surface area contributed by atoms with E-state index < -0.39 is 0 Å². The molecule has 1 aliphatic heterocycles. The lowest BCUT2D eigenvalue weighted by molar-refractivity contribution is -0.131. The van der Waals surface area contributed by atoms with Crippen LogP contribution in [-0.4, -0.2) is 37.0 Å². The first-order chi connectivity index (χ1) is 6.79. The van der Waals surface area contributed by atoms with Crippen molar-refractivity contribution < 1.29 is 4.79 Å². The SMILES string of the molecule is CNC1CCN(C(=O)CC2CCC2)C1. The first-order valence-corrected chi connectivity index (χ1v) is 5.74. The average Bonchev–Trinajstić information content (AvgIpc) is 2.59. The summed E-state index contributed by atoms with van der Waals surface area (Å²) in [7, 11) is 1.98. The standard InChI is InChI=1S/C11H20N2O/c1-12-10-5-6-13(8-10)11(14)7-9-3-2-4-9/h9-10,12H,2-8H2,1H3. The van der Waals surface area contributed by atoms with E-state index in [1.165, 1.54) is 19.3 Å². The lowest BCUT2D eigenvalue weighted by atomic mass is 9.83. The molecule has 0 aromatic carbocycles. The number of carbonyl (C=O) groups is 1. The van der Waals surface area contributed by atoms with Crippen molar-refractivity contribution in [3.8, 4) is 0 Å². The van der Waals surface area contributed by atoms with E-state index in [9.17, 15) is 4.79 Å². The van der Waals surface area contributed by atoms with Gasteiger partial charge in [-0.3, -0.25) is 4.79 Å². The summed E-state index contributed by atoms with van der Waals surface area (Å²) < 4.78 is 0. The van der Waals surface area contributed by atoms with Crippen molar-refractivity contribution in [2.24, 2.45) is 5.92 Å². The van der Waals surface area contributed by atoms with Gasteiger partial charge in [0.05, 0.1) is 0 Å². The van der Waals surface area contributed by atoms with Gasteiger partial charge in [0.15, 0.2) is 0 Å². The van der Waals surface area contributed by atoms with Gasteiger partial charge in [-0.1, -0.05) is 6.42 Å². The van der Waals surface area contributed by atoms with Crippen molar-refractivity contribution in [2.75, 3.05) is 20.1 Å². The fraction of sp³-hybridized carbons (Fsp3) is 0.909. The second kappa shape index (κ2) is 4.30. The van der Waals surface area contributed by atoms with Gasteiger partial charge in [0.2, 0.25) is 5.91 Å². The number of carbonyl (C=O) groups excluding carboxylic acids is 1. The second-order valence-electron chi connectivity index (χ2n) is 4.62. The molecule has 2 rings (SSSR count). The smallest absolute Gasteiger partial charge is 0.222 e. The second-order valence-corrected chi connectivity index (χ2v) is 4.62. The highest BCUT2D eigenvalue weighted by Crippen LogP contribution is 2.30. The van der Waals surface area contributed by atoms with Crippen LogP contribution in [0.3, 0.4) is 0 Å². The maximum absolute atomic E-state index is 11.8. The molecule has 0 aromatic rings. The Balaban J connectivity index is 1.74. The molecule has 2 fully saturated rings. The third-order valence-corrected chi connectivity index (χ3v) is 3.64. The zero-order valence-corrected chi connectivity index (χ0v) is 8.96. The van der Waals surface area contributed by atoms with Gasteiger partial charge >= 0.3 is 0 Å². The number of rotatable bonds is 3. The summed E-state index contributed by atoms with van der Waals surface area (Å²) >= 11 is 0. The molecule has 1 unspecified atom stereocenters. The van der Waals surface area contributed by atoms with Crippen molar-refractivity contribution in [1.29, 1.82) is 0 Å². The minimum atomic E-state index is 0.382. The van der Waals surface area contributed by atoms with Gasteiger partial charge in [-0.05, 0) is 32.2 Å². The van der Waals surface area contributed by atoms with Crippen LogP contribution in [-0.2, 0) is 4.79 Å². The average molecular weight is 196 g/mol. The molecule has 1 aliphatic carbocycles. The van der Waals surface area contributed by atoms with Gasteiger partial charge in [0.1, 0.15) is 0 Å². The summed E-state index contributed by atoms with van der Waals surface area (Å²) in [6.07, 6.45) is 5.80. The first kappa shape index (κ1) is 9.97. The molecular weight excluding hydrogens is 176 g/mol. The predicted octanol–water partition coefficient (Wildman–Crippen LogP) is 0.997. The maximum atomic E-state index is 11.8. The number of likely N-dealkylation sites (N-methyl/N-ethyl adjacent to an activating group) is 1. The number of amides is 1. The molecule has 2 aliphatic rings. The molecule has 1 N–H and O–H groups in total. The molecular formula is C11H20N2O. The normalized spacial score (nSPS) is 27.8. The Kier molecular flexibility index (Phi) is 3.06. The highest BCUT2D eigenvalue weighted by molar-refractivity contribution is 5.76. The van der Waals surface area contributed by atoms with Crippen LogP contribution in [0.1, 0.15) is 32.1 Å². The summed E-state index contributed by atoms with van der Waals surface area (Å²) in [6.45, 7) is 1.87. The van der Waals surface area contributed by atoms with Gasteiger partial charge in [0.25, 0.3) is 0 Å². The Hall–Kier alpha value is -0.570. The van der Waals surface area contributed by atoms with Gasteiger partial charge in [-0.2, -0.15) is 0 Å². The van der Waals surface area contributed by atoms with E-state index in [0.717, 1.165) is 25.9 Å². The van der Waals surface area contributed by atoms with Crippen LogP contribution in [0.4, 0.5) is 0 Å². The summed E-state index contributed by atoms with van der Waals surface area (Å²) in [4.78, 5) is 13.8. The molecule has 1 saturated carbocycles. The van der Waals surface area contributed by atoms with E-state index in [4.69, 9.17) is 0 Å². The Labute approximate surface area is 85.8 Å². The highest BCUT2D eigenvalue weighted by Gasteiger charge is 2.28. The highest BCUT2D eigenvalue weighted by atomic mass is 16.2. The summed E-state index contributed by atoms with van der Waals surface area (Å²) in [6, 6.07) is 0.528. The maximum Gasteiger partial charge on any atom is 0.222 e. The van der Waals surface area contributed by atoms with Crippen molar-refractivity contribution in [3.05, 3.63) is 0 Å². The lowest BCUT2D eigenvalue weighted by Crippen LogP contribution is -2.35. The van der Waals surface area contributed by atoms with Crippen molar-refractivity contribution in [2.45, 2.75) is 38.1 Å². The Morgan fingerprint density at radius 2 is 2.21 bits per heavy atom. The molecule has 1 amide bonds. The van der Waals surface area contributed by atoms with Crippen LogP contribution in [0, 0.1) is 5.92 Å². The third kappa shape index (κ3) is 2.08. The number of nitrogens with zero attached hydrogens (tertiary/aromatic N) is 1. The van der Waals surface area contributed by atoms with E-state index >= 15 is 0 Å². The van der Waals surface area contributed by atoms with Crippen LogP contribution in [0.2, 0.25) is 0 Å². The van der Waals surface area contributed by atoms with Gasteiger partial charge in [-0.25, -0.2) is 0 Å². The molecule has 0 radical (unpaired) electrons. The summed E-state index contributed by atoms with van der Waals surface area (Å²) in [5.74, 6) is 1.09. The van der Waals surface area contributed by atoms with Crippen LogP contribution < -0.4 is 5.32 Å². The molecule has 1 heterocycles. The lowest BCUT2D eigenvalue weighted by Gasteiger charge is -2.27. The summed E-state index contributed by atoms with van der Waals surface area (Å²) in [5, 5.41) is 3.24. The number of nitrogens with one attached hydrogen (secondary N) is 1. The molecule has 1 saturated heterocycles. The van der Waals surface area contributed by atoms with Crippen LogP contribution in [0.5, 0.6) is 0 Å². The van der Waals surface area contributed by atoms with E-state index in [2.05, 4.69) is 5.32 Å². The fourth-order valence-corrected chi connectivity index (χ4v) is 2.30. The van der Waals surface area contributed by atoms with Crippen LogP contribution >= 0.6 is 0 Å². The van der Waals surface area contributed by atoms with E-state index in [1.54, 1.807) is 0 Å². The first-order valence-electron chi connectivity index (χ1n) is 5.74. The van der Waals surface area contributed by atoms with Crippen molar-refractivity contribution in [1.82, 2.24) is 10.2 Å². The van der Waals surface area contributed by atoms with Gasteiger partial charge < -0.3 is 10.2 Å². The molecule has 3 heteroatoms. The molecule has 14 heavy (non-hydrogen) atoms. The third-order valence-electron chi connectivity index (χ3n) is 3.64. The number of likely N-dealkylation sites (tertiary alicyclic amines) is 1. The fourth-order valence-electron chi connectivity index (χ4n) is 2.30. The minimum Gasteiger partial charge on any atom is -0.341 e. The minimum absolute atomic E-state index is 0.382. The quantitative estimate of drug-likeness (QED) is 0.730. The molecule has 3 nitrogen and oxygen atoms in total. The Bertz CT molecular complexity index is 213. The Morgan fingerprint density at radius 3 is 2.71 bits per heavy atom. The van der Waals surface area contributed by atoms with Crippen molar-refractivity contribution in [3.63, 3.8) is 0 Å². The van der Waals surface area contributed by atoms with E-state index in [-0.39, 0.29) is 0 Å². The number of hydrogen-bond acceptors (Lipinski definition) is 2. The topological polar surface area (TPSA) is 32.3 Å². The Morgan fingerprint density at radius 1 is 1.43 bits per heavy atom. The molecule has 80 valence electrons. The monoisotopic (exact) mass is 196 g/mol. The van der Waals surface area contributed by atoms with Crippen LogP contribution in [0.25, 0.3) is 0 Å². The number of hydrogen-bond donors (Lipinski definition) is 1.